The molecule has 6 heteroatoms. The van der Waals surface area contributed by atoms with E-state index < -0.39 is 0 Å². The van der Waals surface area contributed by atoms with Crippen LogP contribution in [0.5, 0.6) is 0 Å². The number of urea groups is 1. The lowest BCUT2D eigenvalue weighted by molar-refractivity contribution is 0.252. The summed E-state index contributed by atoms with van der Waals surface area (Å²) in [5.74, 6) is -0.377. The number of aryl methyl sites for hydroxylation is 1. The Hall–Kier alpha value is -3.02. The first kappa shape index (κ1) is 14.9. The Morgan fingerprint density at radius 3 is 2.74 bits per heavy atom. The van der Waals surface area contributed by atoms with Crippen molar-refractivity contribution in [3.05, 3.63) is 64.6 Å². The number of amides is 2. The van der Waals surface area contributed by atoms with E-state index in [0.29, 0.717) is 18.5 Å². The zero-order valence-electron chi connectivity index (χ0n) is 12.7. The van der Waals surface area contributed by atoms with Crippen LogP contribution in [0.1, 0.15) is 5.56 Å². The molecule has 0 aliphatic heterocycles. The topological polar surface area (TPSA) is 76.3 Å². The summed E-state index contributed by atoms with van der Waals surface area (Å²) in [5.41, 5.74) is 3.09. The van der Waals surface area contributed by atoms with Gasteiger partial charge in [-0.3, -0.25) is 4.57 Å². The van der Waals surface area contributed by atoms with Crippen molar-refractivity contribution in [1.29, 1.82) is 0 Å². The highest BCUT2D eigenvalue weighted by Gasteiger charge is 2.07. The Kier molecular flexibility index (Phi) is 4.14. The van der Waals surface area contributed by atoms with Gasteiger partial charge in [-0.2, -0.15) is 0 Å². The molecule has 0 unspecified atom stereocenters. The molecule has 2 amide bonds. The Balaban J connectivity index is 1.57. The number of rotatable bonds is 4. The highest BCUT2D eigenvalue weighted by molar-refractivity contribution is 5.89. The minimum atomic E-state index is -0.377. The van der Waals surface area contributed by atoms with Crippen molar-refractivity contribution in [3.63, 3.8) is 0 Å². The van der Waals surface area contributed by atoms with Gasteiger partial charge in [-0.15, -0.1) is 0 Å². The Labute approximate surface area is 132 Å². The largest absolute Gasteiger partial charge is 0.419 e. The van der Waals surface area contributed by atoms with Crippen molar-refractivity contribution in [2.75, 3.05) is 11.9 Å². The molecule has 0 fully saturated rings. The molecule has 0 radical (unpaired) electrons. The van der Waals surface area contributed by atoms with Crippen molar-refractivity contribution >= 4 is 22.8 Å². The fourth-order valence-corrected chi connectivity index (χ4v) is 2.34. The van der Waals surface area contributed by atoms with Crippen molar-refractivity contribution in [2.45, 2.75) is 6.42 Å². The number of benzene rings is 2. The van der Waals surface area contributed by atoms with E-state index in [1.165, 1.54) is 4.57 Å². The maximum atomic E-state index is 11.8. The SMILES string of the molecule is Cn1c(=O)oc2ccc(CCNC(=O)Nc3ccccc3)cc21. The van der Waals surface area contributed by atoms with Crippen LogP contribution in [0.25, 0.3) is 11.1 Å². The van der Waals surface area contributed by atoms with Crippen LogP contribution in [0, 0.1) is 0 Å². The van der Waals surface area contributed by atoms with Crippen LogP contribution in [0.4, 0.5) is 10.5 Å². The van der Waals surface area contributed by atoms with Gasteiger partial charge in [0.25, 0.3) is 0 Å². The summed E-state index contributed by atoms with van der Waals surface area (Å²) < 4.78 is 6.56. The number of para-hydroxylation sites is 1. The number of carbonyl (C=O) groups is 1. The number of hydrogen-bond acceptors (Lipinski definition) is 3. The van der Waals surface area contributed by atoms with E-state index >= 15 is 0 Å². The second-order valence-electron chi connectivity index (χ2n) is 5.23. The molecule has 0 saturated heterocycles. The van der Waals surface area contributed by atoms with E-state index in [-0.39, 0.29) is 11.8 Å². The third-order valence-corrected chi connectivity index (χ3v) is 3.59. The molecule has 1 aromatic heterocycles. The summed E-state index contributed by atoms with van der Waals surface area (Å²) >= 11 is 0. The summed E-state index contributed by atoms with van der Waals surface area (Å²) in [7, 11) is 1.67. The molecule has 0 spiro atoms. The lowest BCUT2D eigenvalue weighted by Crippen LogP contribution is -2.30. The molecule has 0 saturated carbocycles. The van der Waals surface area contributed by atoms with Crippen LogP contribution in [0.15, 0.2) is 57.7 Å². The molecule has 23 heavy (non-hydrogen) atoms. The molecule has 3 aromatic rings. The summed E-state index contributed by atoms with van der Waals surface area (Å²) in [6.07, 6.45) is 0.664. The van der Waals surface area contributed by atoms with E-state index in [9.17, 15) is 9.59 Å². The molecule has 0 aliphatic rings. The summed E-state index contributed by atoms with van der Waals surface area (Å²) in [6, 6.07) is 14.6. The molecule has 0 atom stereocenters. The van der Waals surface area contributed by atoms with Crippen molar-refractivity contribution in [1.82, 2.24) is 9.88 Å². The van der Waals surface area contributed by atoms with Gasteiger partial charge < -0.3 is 15.1 Å². The first-order valence-electron chi connectivity index (χ1n) is 7.32. The third-order valence-electron chi connectivity index (χ3n) is 3.59. The van der Waals surface area contributed by atoms with E-state index in [4.69, 9.17) is 4.42 Å². The van der Waals surface area contributed by atoms with Crippen LogP contribution in [0.3, 0.4) is 0 Å². The van der Waals surface area contributed by atoms with Crippen LogP contribution in [0.2, 0.25) is 0 Å². The van der Waals surface area contributed by atoms with Gasteiger partial charge in [0.05, 0.1) is 5.52 Å². The minimum absolute atomic E-state index is 0.243. The predicted octanol–water partition coefficient (Wildman–Crippen LogP) is 2.50. The molecule has 3 rings (SSSR count). The van der Waals surface area contributed by atoms with Gasteiger partial charge in [0.2, 0.25) is 0 Å². The Bertz CT molecular complexity index is 881. The van der Waals surface area contributed by atoms with Crippen molar-refractivity contribution in [3.8, 4) is 0 Å². The highest BCUT2D eigenvalue weighted by atomic mass is 16.4. The maximum absolute atomic E-state index is 11.8. The predicted molar refractivity (Wildman–Crippen MR) is 88.6 cm³/mol. The summed E-state index contributed by atoms with van der Waals surface area (Å²) in [5, 5.41) is 5.57. The average Bonchev–Trinajstić information content (AvgIpc) is 2.83. The minimum Gasteiger partial charge on any atom is -0.408 e. The van der Waals surface area contributed by atoms with Crippen LogP contribution < -0.4 is 16.4 Å². The zero-order valence-corrected chi connectivity index (χ0v) is 12.7. The van der Waals surface area contributed by atoms with E-state index in [1.807, 2.05) is 42.5 Å². The molecular weight excluding hydrogens is 294 g/mol. The van der Waals surface area contributed by atoms with E-state index in [1.54, 1.807) is 13.1 Å². The van der Waals surface area contributed by atoms with Gasteiger partial charge in [0, 0.05) is 19.3 Å². The number of aromatic nitrogens is 1. The number of oxazole rings is 1. The highest BCUT2D eigenvalue weighted by Crippen LogP contribution is 2.14. The summed E-state index contributed by atoms with van der Waals surface area (Å²) in [6.45, 7) is 0.496. The lowest BCUT2D eigenvalue weighted by Gasteiger charge is -2.07. The molecular formula is C17H17N3O3. The molecule has 118 valence electrons. The first-order chi connectivity index (χ1) is 11.1. The van der Waals surface area contributed by atoms with Gasteiger partial charge in [-0.25, -0.2) is 9.59 Å². The van der Waals surface area contributed by atoms with Crippen molar-refractivity contribution in [2.24, 2.45) is 7.05 Å². The molecule has 2 aromatic carbocycles. The van der Waals surface area contributed by atoms with Gasteiger partial charge in [0.1, 0.15) is 0 Å². The number of nitrogens with zero attached hydrogens (tertiary/aromatic N) is 1. The monoisotopic (exact) mass is 311 g/mol. The lowest BCUT2D eigenvalue weighted by atomic mass is 10.1. The zero-order chi connectivity index (χ0) is 16.2. The quantitative estimate of drug-likeness (QED) is 0.777. The number of hydrogen-bond donors (Lipinski definition) is 2. The number of nitrogens with one attached hydrogen (secondary N) is 2. The second kappa shape index (κ2) is 6.39. The third kappa shape index (κ3) is 3.42. The molecule has 6 nitrogen and oxygen atoms in total. The molecule has 1 heterocycles. The van der Waals surface area contributed by atoms with Crippen molar-refractivity contribution < 1.29 is 9.21 Å². The number of fused-ring (bicyclic) bond motifs is 1. The Morgan fingerprint density at radius 2 is 1.96 bits per heavy atom. The smallest absolute Gasteiger partial charge is 0.408 e. The fraction of sp³-hybridized carbons (Fsp3) is 0.176. The van der Waals surface area contributed by atoms with Crippen LogP contribution >= 0.6 is 0 Å². The number of anilines is 1. The average molecular weight is 311 g/mol. The normalized spacial score (nSPS) is 10.7. The standard InChI is InChI=1S/C17H17N3O3/c1-20-14-11-12(7-8-15(14)23-17(20)22)9-10-18-16(21)19-13-5-3-2-4-6-13/h2-8,11H,9-10H2,1H3,(H2,18,19,21). The van der Waals surface area contributed by atoms with E-state index in [2.05, 4.69) is 10.6 Å². The first-order valence-corrected chi connectivity index (χ1v) is 7.32. The van der Waals surface area contributed by atoms with Crippen LogP contribution in [-0.4, -0.2) is 17.1 Å². The van der Waals surface area contributed by atoms with Gasteiger partial charge in [-0.1, -0.05) is 24.3 Å². The van der Waals surface area contributed by atoms with E-state index in [0.717, 1.165) is 16.8 Å². The second-order valence-corrected chi connectivity index (χ2v) is 5.23. The fourth-order valence-electron chi connectivity index (χ4n) is 2.34. The number of carbonyl (C=O) groups excluding carboxylic acids is 1. The molecule has 0 bridgehead atoms. The molecule has 2 N–H and O–H groups in total. The van der Waals surface area contributed by atoms with Gasteiger partial charge in [-0.05, 0) is 36.2 Å². The van der Waals surface area contributed by atoms with Gasteiger partial charge in [0.15, 0.2) is 5.58 Å². The summed E-state index contributed by atoms with van der Waals surface area (Å²) in [4.78, 5) is 23.2. The molecule has 0 aliphatic carbocycles. The van der Waals surface area contributed by atoms with Crippen LogP contribution in [-0.2, 0) is 13.5 Å². The maximum Gasteiger partial charge on any atom is 0.419 e. The Morgan fingerprint density at radius 1 is 1.17 bits per heavy atom. The van der Waals surface area contributed by atoms with Gasteiger partial charge >= 0.3 is 11.8 Å².